The lowest BCUT2D eigenvalue weighted by atomic mass is 10.1. The number of carbonyl (C=O) groups excluding carboxylic acids is 1. The zero-order chi connectivity index (χ0) is 23.7. The zero-order valence-electron chi connectivity index (χ0n) is 18.6. The van der Waals surface area contributed by atoms with Crippen molar-refractivity contribution in [3.8, 4) is 5.69 Å². The third-order valence-electron chi connectivity index (χ3n) is 6.94. The number of fused-ring (bicyclic) bond motifs is 2. The van der Waals surface area contributed by atoms with Gasteiger partial charge in [0, 0.05) is 41.1 Å². The quantitative estimate of drug-likeness (QED) is 0.394. The van der Waals surface area contributed by atoms with Gasteiger partial charge >= 0.3 is 0 Å². The Kier molecular flexibility index (Phi) is 4.93. The second kappa shape index (κ2) is 7.78. The number of anilines is 1. The molecule has 10 heteroatoms. The van der Waals surface area contributed by atoms with Gasteiger partial charge in [0.25, 0.3) is 5.91 Å². The molecule has 2 fully saturated rings. The molecule has 0 bridgehead atoms. The van der Waals surface area contributed by atoms with Crippen LogP contribution in [0.3, 0.4) is 0 Å². The average molecular weight is 527 g/mol. The maximum atomic E-state index is 15.4. The number of amides is 1. The molecule has 1 amide bonds. The van der Waals surface area contributed by atoms with Crippen LogP contribution in [0.15, 0.2) is 22.9 Å². The van der Waals surface area contributed by atoms with Crippen LogP contribution in [0.5, 0.6) is 0 Å². The van der Waals surface area contributed by atoms with Gasteiger partial charge < -0.3 is 16.2 Å². The number of rotatable bonds is 4. The van der Waals surface area contributed by atoms with E-state index in [2.05, 4.69) is 26.0 Å². The van der Waals surface area contributed by atoms with E-state index >= 15 is 4.39 Å². The molecule has 4 aromatic rings. The van der Waals surface area contributed by atoms with E-state index in [0.29, 0.717) is 45.6 Å². The van der Waals surface area contributed by atoms with Crippen molar-refractivity contribution in [1.82, 2.24) is 19.3 Å². The van der Waals surface area contributed by atoms with Crippen LogP contribution in [0.2, 0.25) is 0 Å². The largest absolute Gasteiger partial charge is 0.384 e. The number of nitrogens with zero attached hydrogens (tertiary/aromatic N) is 4. The molecular weight excluding hydrogens is 503 g/mol. The third-order valence-corrected chi connectivity index (χ3v) is 7.72. The SMILES string of the molecule is Cc1c(F)cc2c(cnn2C2CCCCO2)c1-n1c(N)c(C(N)=O)c2cnc(C3CC3)c(Br)c21. The Morgan fingerprint density at radius 3 is 2.71 bits per heavy atom. The van der Waals surface area contributed by atoms with Crippen molar-refractivity contribution in [3.05, 3.63) is 45.6 Å². The molecule has 8 nitrogen and oxygen atoms in total. The van der Waals surface area contributed by atoms with E-state index in [1.807, 2.05) is 0 Å². The third kappa shape index (κ3) is 3.08. The number of hydrogen-bond acceptors (Lipinski definition) is 5. The number of pyridine rings is 1. The number of aromatic nitrogens is 4. The Morgan fingerprint density at radius 1 is 1.24 bits per heavy atom. The normalized spacial score (nSPS) is 18.7. The minimum Gasteiger partial charge on any atom is -0.384 e. The Hall–Kier alpha value is -2.98. The van der Waals surface area contributed by atoms with E-state index in [-0.39, 0.29) is 17.6 Å². The van der Waals surface area contributed by atoms with Crippen molar-refractivity contribution in [2.75, 3.05) is 12.3 Å². The van der Waals surface area contributed by atoms with Crippen molar-refractivity contribution in [2.45, 2.75) is 51.2 Å². The van der Waals surface area contributed by atoms with Crippen LogP contribution in [0.25, 0.3) is 27.5 Å². The summed E-state index contributed by atoms with van der Waals surface area (Å²) in [5.41, 5.74) is 15.6. The molecule has 4 N–H and O–H groups in total. The lowest BCUT2D eigenvalue weighted by Gasteiger charge is -2.24. The second-order valence-electron chi connectivity index (χ2n) is 9.13. The van der Waals surface area contributed by atoms with E-state index in [0.717, 1.165) is 42.3 Å². The van der Waals surface area contributed by atoms with E-state index in [1.165, 1.54) is 6.07 Å². The fraction of sp³-hybridized carbons (Fsp3) is 0.375. The predicted molar refractivity (Wildman–Crippen MR) is 131 cm³/mol. The molecule has 1 saturated heterocycles. The van der Waals surface area contributed by atoms with E-state index in [4.69, 9.17) is 16.2 Å². The Balaban J connectivity index is 1.69. The van der Waals surface area contributed by atoms with Gasteiger partial charge in [-0.1, -0.05) is 0 Å². The molecule has 1 atom stereocenters. The number of halogens is 2. The summed E-state index contributed by atoms with van der Waals surface area (Å²) in [6.07, 6.45) is 8.03. The van der Waals surface area contributed by atoms with Crippen LogP contribution in [0, 0.1) is 12.7 Å². The molecule has 0 radical (unpaired) electrons. The van der Waals surface area contributed by atoms with E-state index < -0.39 is 11.7 Å². The van der Waals surface area contributed by atoms with Gasteiger partial charge in [-0.05, 0) is 55.0 Å². The number of nitrogen functional groups attached to an aromatic ring is 1. The molecule has 2 aliphatic rings. The van der Waals surface area contributed by atoms with Gasteiger partial charge in [0.1, 0.15) is 11.6 Å². The molecule has 1 aliphatic heterocycles. The van der Waals surface area contributed by atoms with Crippen molar-refractivity contribution < 1.29 is 13.9 Å². The lowest BCUT2D eigenvalue weighted by molar-refractivity contribution is -0.0366. The van der Waals surface area contributed by atoms with Crippen molar-refractivity contribution >= 4 is 49.5 Å². The second-order valence-corrected chi connectivity index (χ2v) is 9.92. The molecule has 176 valence electrons. The number of benzene rings is 1. The van der Waals surface area contributed by atoms with Crippen LogP contribution in [0.4, 0.5) is 10.2 Å². The molecule has 3 aromatic heterocycles. The standard InChI is InChI=1S/C24H24BrFN6O2/c1-11-15(26)8-16-13(10-30-32(16)17-4-2-3-7-34-17)21(11)31-22-14(18(23(31)27)24(28)33)9-29-20(19(22)25)12-5-6-12/h8-10,12,17H,2-7,27H2,1H3,(H2,28,33). The molecule has 1 saturated carbocycles. The van der Waals surface area contributed by atoms with Crippen LogP contribution in [-0.2, 0) is 4.74 Å². The number of nitrogens with two attached hydrogens (primary N) is 2. The molecule has 1 unspecified atom stereocenters. The summed E-state index contributed by atoms with van der Waals surface area (Å²) in [5.74, 6) is -0.560. The summed E-state index contributed by atoms with van der Waals surface area (Å²) < 4.78 is 25.5. The average Bonchev–Trinajstić information content (AvgIpc) is 3.50. The van der Waals surface area contributed by atoms with E-state index in [9.17, 15) is 4.79 Å². The van der Waals surface area contributed by atoms with Gasteiger partial charge in [0.05, 0.1) is 38.6 Å². The van der Waals surface area contributed by atoms with Crippen molar-refractivity contribution in [1.29, 1.82) is 0 Å². The fourth-order valence-electron chi connectivity index (χ4n) is 5.07. The Labute approximate surface area is 203 Å². The highest BCUT2D eigenvalue weighted by atomic mass is 79.9. The summed E-state index contributed by atoms with van der Waals surface area (Å²) in [7, 11) is 0. The van der Waals surface area contributed by atoms with Gasteiger partial charge in [-0.2, -0.15) is 5.10 Å². The smallest absolute Gasteiger partial charge is 0.253 e. The summed E-state index contributed by atoms with van der Waals surface area (Å²) in [4.78, 5) is 17.0. The Bertz CT molecular complexity index is 1480. The monoisotopic (exact) mass is 526 g/mol. The van der Waals surface area contributed by atoms with Gasteiger partial charge in [-0.3, -0.25) is 14.3 Å². The Morgan fingerprint density at radius 2 is 2.03 bits per heavy atom. The topological polar surface area (TPSA) is 114 Å². The lowest BCUT2D eigenvalue weighted by Crippen LogP contribution is -2.19. The molecular formula is C24H24BrFN6O2. The maximum Gasteiger partial charge on any atom is 0.253 e. The van der Waals surface area contributed by atoms with Crippen molar-refractivity contribution in [2.24, 2.45) is 5.73 Å². The number of hydrogen-bond donors (Lipinski definition) is 2. The first-order valence-electron chi connectivity index (χ1n) is 11.4. The van der Waals surface area contributed by atoms with Crippen LogP contribution in [0.1, 0.15) is 65.9 Å². The fourth-order valence-corrected chi connectivity index (χ4v) is 5.89. The van der Waals surface area contributed by atoms with Gasteiger partial charge in [0.15, 0.2) is 6.23 Å². The van der Waals surface area contributed by atoms with Crippen LogP contribution < -0.4 is 11.5 Å². The van der Waals surface area contributed by atoms with Gasteiger partial charge in [-0.15, -0.1) is 0 Å². The number of primary amides is 1. The van der Waals surface area contributed by atoms with Crippen LogP contribution in [-0.4, -0.2) is 31.8 Å². The molecule has 4 heterocycles. The summed E-state index contributed by atoms with van der Waals surface area (Å²) in [5, 5.41) is 5.81. The minimum absolute atomic E-state index is 0.148. The first-order valence-corrected chi connectivity index (χ1v) is 12.2. The highest BCUT2D eigenvalue weighted by molar-refractivity contribution is 9.10. The minimum atomic E-state index is -0.661. The molecule has 1 aromatic carbocycles. The summed E-state index contributed by atoms with van der Waals surface area (Å²) in [6.45, 7) is 2.35. The maximum absolute atomic E-state index is 15.4. The molecule has 6 rings (SSSR count). The predicted octanol–water partition coefficient (Wildman–Crippen LogP) is 4.84. The van der Waals surface area contributed by atoms with Crippen molar-refractivity contribution in [3.63, 3.8) is 0 Å². The summed E-state index contributed by atoms with van der Waals surface area (Å²) in [6, 6.07) is 1.49. The molecule has 0 spiro atoms. The molecule has 34 heavy (non-hydrogen) atoms. The van der Waals surface area contributed by atoms with Crippen LogP contribution >= 0.6 is 15.9 Å². The summed E-state index contributed by atoms with van der Waals surface area (Å²) >= 11 is 3.72. The molecule has 1 aliphatic carbocycles. The van der Waals surface area contributed by atoms with Gasteiger partial charge in [-0.25, -0.2) is 9.07 Å². The highest BCUT2D eigenvalue weighted by Gasteiger charge is 2.32. The number of carbonyl (C=O) groups is 1. The first-order chi connectivity index (χ1) is 16.4. The van der Waals surface area contributed by atoms with E-state index in [1.54, 1.807) is 28.6 Å². The first kappa shape index (κ1) is 21.5. The highest BCUT2D eigenvalue weighted by Crippen LogP contribution is 2.47. The van der Waals surface area contributed by atoms with Gasteiger partial charge in [0.2, 0.25) is 0 Å². The number of ether oxygens (including phenoxy) is 1. The zero-order valence-corrected chi connectivity index (χ0v) is 20.2.